The lowest BCUT2D eigenvalue weighted by molar-refractivity contribution is 0.0694. The first-order valence-electron chi connectivity index (χ1n) is 6.07. The van der Waals surface area contributed by atoms with Crippen LogP contribution in [0.5, 0.6) is 0 Å². The third-order valence-corrected chi connectivity index (χ3v) is 3.04. The zero-order chi connectivity index (χ0) is 12.8. The first kappa shape index (κ1) is 13.8. The molecule has 2 N–H and O–H groups in total. The van der Waals surface area contributed by atoms with Crippen molar-refractivity contribution in [3.05, 3.63) is 23.7 Å². The van der Waals surface area contributed by atoms with Gasteiger partial charge in [-0.05, 0) is 25.3 Å². The number of carboxylic acid groups (broad SMARTS) is 1. The Balaban J connectivity index is 2.44. The van der Waals surface area contributed by atoms with Crippen LogP contribution in [0.2, 0.25) is 0 Å². The van der Waals surface area contributed by atoms with Crippen LogP contribution in [0.15, 0.2) is 16.7 Å². The molecule has 0 amide bonds. The van der Waals surface area contributed by atoms with Crippen LogP contribution in [0.3, 0.4) is 0 Å². The van der Waals surface area contributed by atoms with Gasteiger partial charge in [0.2, 0.25) is 0 Å². The fraction of sp³-hybridized carbons (Fsp3) is 0.615. The van der Waals surface area contributed by atoms with E-state index in [1.54, 1.807) is 0 Å². The molecule has 0 spiro atoms. The lowest BCUT2D eigenvalue weighted by Gasteiger charge is -2.16. The molecule has 2 unspecified atom stereocenters. The van der Waals surface area contributed by atoms with Crippen LogP contribution in [0.25, 0.3) is 0 Å². The molecule has 0 saturated heterocycles. The maximum Gasteiger partial charge on any atom is 0.339 e. The molecular formula is C13H21NO3. The van der Waals surface area contributed by atoms with E-state index < -0.39 is 5.97 Å². The summed E-state index contributed by atoms with van der Waals surface area (Å²) in [5.41, 5.74) is 0.244. The lowest BCUT2D eigenvalue weighted by atomic mass is 10.0. The topological polar surface area (TPSA) is 62.5 Å². The molecular weight excluding hydrogens is 218 g/mol. The second-order valence-corrected chi connectivity index (χ2v) is 4.59. The third-order valence-electron chi connectivity index (χ3n) is 3.04. The Morgan fingerprint density at radius 3 is 2.82 bits per heavy atom. The minimum absolute atomic E-state index is 0.244. The van der Waals surface area contributed by atoms with Crippen molar-refractivity contribution in [2.45, 2.75) is 46.2 Å². The molecule has 0 saturated carbocycles. The highest BCUT2D eigenvalue weighted by Gasteiger charge is 2.14. The van der Waals surface area contributed by atoms with Crippen molar-refractivity contribution in [1.29, 1.82) is 0 Å². The summed E-state index contributed by atoms with van der Waals surface area (Å²) < 4.78 is 5.16. The first-order valence-corrected chi connectivity index (χ1v) is 6.07. The van der Waals surface area contributed by atoms with E-state index in [9.17, 15) is 4.79 Å². The third kappa shape index (κ3) is 4.23. The van der Waals surface area contributed by atoms with Crippen molar-refractivity contribution >= 4 is 5.97 Å². The average molecular weight is 239 g/mol. The molecule has 0 aliphatic heterocycles. The molecule has 4 nitrogen and oxygen atoms in total. The number of aromatic carboxylic acids is 1. The van der Waals surface area contributed by atoms with E-state index in [0.29, 0.717) is 24.3 Å². The SMILES string of the molecule is CCC(C)CC(C)NCc1occc1C(=O)O. The van der Waals surface area contributed by atoms with E-state index in [4.69, 9.17) is 9.52 Å². The number of carboxylic acids is 1. The number of hydrogen-bond donors (Lipinski definition) is 2. The molecule has 0 bridgehead atoms. The van der Waals surface area contributed by atoms with Crippen LogP contribution < -0.4 is 5.32 Å². The van der Waals surface area contributed by atoms with Crippen molar-refractivity contribution in [3.63, 3.8) is 0 Å². The van der Waals surface area contributed by atoms with Gasteiger partial charge in [0, 0.05) is 6.04 Å². The predicted molar refractivity (Wildman–Crippen MR) is 66.0 cm³/mol. The summed E-state index contributed by atoms with van der Waals surface area (Å²) in [7, 11) is 0. The molecule has 0 aliphatic rings. The van der Waals surface area contributed by atoms with Gasteiger partial charge in [0.05, 0.1) is 12.8 Å². The standard InChI is InChI=1S/C13H21NO3/c1-4-9(2)7-10(3)14-8-12-11(13(15)16)5-6-17-12/h5-6,9-10,14H,4,7-8H2,1-3H3,(H,15,16). The predicted octanol–water partition coefficient (Wildman–Crippen LogP) is 2.89. The van der Waals surface area contributed by atoms with Crippen LogP contribution in [-0.4, -0.2) is 17.1 Å². The highest BCUT2D eigenvalue weighted by atomic mass is 16.4. The van der Waals surface area contributed by atoms with Gasteiger partial charge in [-0.2, -0.15) is 0 Å². The van der Waals surface area contributed by atoms with Gasteiger partial charge in [-0.15, -0.1) is 0 Å². The maximum atomic E-state index is 10.9. The molecule has 4 heteroatoms. The maximum absolute atomic E-state index is 10.9. The minimum Gasteiger partial charge on any atom is -0.478 e. The van der Waals surface area contributed by atoms with Crippen LogP contribution in [0, 0.1) is 5.92 Å². The molecule has 0 aromatic carbocycles. The molecule has 1 rings (SSSR count). The summed E-state index contributed by atoms with van der Waals surface area (Å²) in [6, 6.07) is 1.84. The van der Waals surface area contributed by atoms with Crippen molar-refractivity contribution in [2.75, 3.05) is 0 Å². The van der Waals surface area contributed by atoms with Crippen LogP contribution in [0.4, 0.5) is 0 Å². The molecule has 2 atom stereocenters. The number of furan rings is 1. The van der Waals surface area contributed by atoms with Gasteiger partial charge in [0.25, 0.3) is 0 Å². The van der Waals surface area contributed by atoms with Gasteiger partial charge in [-0.1, -0.05) is 20.3 Å². The minimum atomic E-state index is -0.940. The number of nitrogens with one attached hydrogen (secondary N) is 1. The van der Waals surface area contributed by atoms with Crippen molar-refractivity contribution in [3.8, 4) is 0 Å². The van der Waals surface area contributed by atoms with Crippen LogP contribution in [0.1, 0.15) is 49.7 Å². The Kier molecular flexibility index (Phi) is 5.22. The fourth-order valence-electron chi connectivity index (χ4n) is 1.79. The van der Waals surface area contributed by atoms with E-state index in [-0.39, 0.29) is 5.56 Å². The highest BCUT2D eigenvalue weighted by molar-refractivity contribution is 5.88. The van der Waals surface area contributed by atoms with Gasteiger partial charge in [-0.3, -0.25) is 0 Å². The molecule has 1 aromatic heterocycles. The average Bonchev–Trinajstić information content (AvgIpc) is 2.74. The molecule has 0 fully saturated rings. The molecule has 0 aliphatic carbocycles. The van der Waals surface area contributed by atoms with E-state index in [0.717, 1.165) is 12.8 Å². The van der Waals surface area contributed by atoms with E-state index in [1.165, 1.54) is 12.3 Å². The molecule has 0 radical (unpaired) electrons. The fourth-order valence-corrected chi connectivity index (χ4v) is 1.79. The molecule has 96 valence electrons. The van der Waals surface area contributed by atoms with Gasteiger partial charge in [-0.25, -0.2) is 4.79 Å². The second-order valence-electron chi connectivity index (χ2n) is 4.59. The molecule has 1 aromatic rings. The number of rotatable bonds is 7. The quantitative estimate of drug-likeness (QED) is 0.768. The van der Waals surface area contributed by atoms with Crippen LogP contribution in [-0.2, 0) is 6.54 Å². The Morgan fingerprint density at radius 2 is 2.24 bits per heavy atom. The van der Waals surface area contributed by atoms with E-state index in [1.807, 2.05) is 0 Å². The normalized spacial score (nSPS) is 14.5. The van der Waals surface area contributed by atoms with Crippen molar-refractivity contribution < 1.29 is 14.3 Å². The zero-order valence-electron chi connectivity index (χ0n) is 10.7. The van der Waals surface area contributed by atoms with Crippen LogP contribution >= 0.6 is 0 Å². The van der Waals surface area contributed by atoms with Gasteiger partial charge < -0.3 is 14.8 Å². The first-order chi connectivity index (χ1) is 8.04. The summed E-state index contributed by atoms with van der Waals surface area (Å²) in [6.07, 6.45) is 3.66. The largest absolute Gasteiger partial charge is 0.478 e. The van der Waals surface area contributed by atoms with Crippen molar-refractivity contribution in [1.82, 2.24) is 5.32 Å². The Labute approximate surface area is 102 Å². The Morgan fingerprint density at radius 1 is 1.53 bits per heavy atom. The van der Waals surface area contributed by atoms with Gasteiger partial charge >= 0.3 is 5.97 Å². The number of carbonyl (C=O) groups is 1. The summed E-state index contributed by atoms with van der Waals surface area (Å²) in [4.78, 5) is 10.9. The van der Waals surface area contributed by atoms with E-state index in [2.05, 4.69) is 26.1 Å². The van der Waals surface area contributed by atoms with Gasteiger partial charge in [0.15, 0.2) is 0 Å². The smallest absolute Gasteiger partial charge is 0.339 e. The summed E-state index contributed by atoms with van der Waals surface area (Å²) in [5.74, 6) is 0.228. The summed E-state index contributed by atoms with van der Waals surface area (Å²) >= 11 is 0. The Hall–Kier alpha value is -1.29. The van der Waals surface area contributed by atoms with Gasteiger partial charge in [0.1, 0.15) is 11.3 Å². The summed E-state index contributed by atoms with van der Waals surface area (Å²) in [5, 5.41) is 12.2. The lowest BCUT2D eigenvalue weighted by Crippen LogP contribution is -2.27. The molecule has 1 heterocycles. The second kappa shape index (κ2) is 6.45. The van der Waals surface area contributed by atoms with E-state index >= 15 is 0 Å². The summed E-state index contributed by atoms with van der Waals surface area (Å²) in [6.45, 7) is 6.96. The zero-order valence-corrected chi connectivity index (χ0v) is 10.7. The monoisotopic (exact) mass is 239 g/mol. The van der Waals surface area contributed by atoms with Crippen molar-refractivity contribution in [2.24, 2.45) is 5.92 Å². The highest BCUT2D eigenvalue weighted by Crippen LogP contribution is 2.13. The number of hydrogen-bond acceptors (Lipinski definition) is 3. The molecule has 17 heavy (non-hydrogen) atoms. The Bertz CT molecular complexity index is 359.